The maximum atomic E-state index is 12.9. The Kier molecular flexibility index (Phi) is 7.63. The van der Waals surface area contributed by atoms with Crippen LogP contribution in [0.4, 0.5) is 0 Å². The van der Waals surface area contributed by atoms with Crippen LogP contribution in [0.1, 0.15) is 32.9 Å². The average molecular weight is 475 g/mol. The second-order valence-corrected chi connectivity index (χ2v) is 7.84. The van der Waals surface area contributed by atoms with Gasteiger partial charge in [-0.1, -0.05) is 30.3 Å². The Hall–Kier alpha value is -4.31. The summed E-state index contributed by atoms with van der Waals surface area (Å²) in [6.07, 6.45) is 4.87. The first-order chi connectivity index (χ1) is 17.1. The van der Waals surface area contributed by atoms with Gasteiger partial charge in [0.2, 0.25) is 5.88 Å². The van der Waals surface area contributed by atoms with Crippen molar-refractivity contribution in [1.29, 1.82) is 0 Å². The zero-order valence-corrected chi connectivity index (χ0v) is 19.5. The average Bonchev–Trinajstić information content (AvgIpc) is 3.27. The van der Waals surface area contributed by atoms with Gasteiger partial charge >= 0.3 is 0 Å². The summed E-state index contributed by atoms with van der Waals surface area (Å²) < 4.78 is 13.7. The van der Waals surface area contributed by atoms with E-state index in [1.54, 1.807) is 47.0 Å². The van der Waals surface area contributed by atoms with Gasteiger partial charge in [0.25, 0.3) is 11.5 Å². The highest BCUT2D eigenvalue weighted by molar-refractivity contribution is 5.95. The quantitative estimate of drug-likeness (QED) is 0.374. The molecule has 4 rings (SSSR count). The Morgan fingerprint density at radius 1 is 1.03 bits per heavy atom. The monoisotopic (exact) mass is 474 g/mol. The van der Waals surface area contributed by atoms with Crippen molar-refractivity contribution in [3.05, 3.63) is 106 Å². The number of aromatic nitrogens is 5. The van der Waals surface area contributed by atoms with E-state index in [1.807, 2.05) is 30.3 Å². The summed E-state index contributed by atoms with van der Waals surface area (Å²) in [4.78, 5) is 32.9. The van der Waals surface area contributed by atoms with Crippen LogP contribution in [0.25, 0.3) is 0 Å². The van der Waals surface area contributed by atoms with Crippen LogP contribution in [-0.2, 0) is 31.0 Å². The molecule has 3 heterocycles. The lowest BCUT2D eigenvalue weighted by Gasteiger charge is -2.07. The largest absolute Gasteiger partial charge is 0.481 e. The SMILES string of the molecule is COCc1nn(Cc2ccc(Cn3ccccc3=O)cc2)cc1C(=O)NCc1cc(OC)ncn1. The van der Waals surface area contributed by atoms with Gasteiger partial charge in [-0.2, -0.15) is 5.10 Å². The first kappa shape index (κ1) is 23.8. The molecule has 0 aliphatic rings. The molecule has 1 N–H and O–H groups in total. The van der Waals surface area contributed by atoms with E-state index in [9.17, 15) is 9.59 Å². The predicted octanol–water partition coefficient (Wildman–Crippen LogP) is 2.02. The highest BCUT2D eigenvalue weighted by Gasteiger charge is 2.17. The fraction of sp³-hybridized carbons (Fsp3) is 0.240. The Morgan fingerprint density at radius 3 is 2.51 bits per heavy atom. The van der Waals surface area contributed by atoms with Gasteiger partial charge in [0.05, 0.1) is 44.6 Å². The highest BCUT2D eigenvalue weighted by atomic mass is 16.5. The molecule has 35 heavy (non-hydrogen) atoms. The fourth-order valence-corrected chi connectivity index (χ4v) is 3.55. The number of nitrogens with zero attached hydrogens (tertiary/aromatic N) is 5. The van der Waals surface area contributed by atoms with Crippen molar-refractivity contribution in [2.24, 2.45) is 0 Å². The molecule has 1 aromatic carbocycles. The first-order valence-electron chi connectivity index (χ1n) is 11.0. The molecule has 0 aliphatic carbocycles. The number of amides is 1. The number of nitrogens with one attached hydrogen (secondary N) is 1. The third-order valence-corrected chi connectivity index (χ3v) is 5.32. The van der Waals surface area contributed by atoms with Crippen LogP contribution < -0.4 is 15.6 Å². The minimum absolute atomic E-state index is 0.0385. The summed E-state index contributed by atoms with van der Waals surface area (Å²) in [6, 6.07) is 14.7. The zero-order chi connectivity index (χ0) is 24.6. The van der Waals surface area contributed by atoms with Crippen LogP contribution >= 0.6 is 0 Å². The lowest BCUT2D eigenvalue weighted by atomic mass is 10.1. The zero-order valence-electron chi connectivity index (χ0n) is 19.5. The molecule has 0 radical (unpaired) electrons. The van der Waals surface area contributed by atoms with Gasteiger partial charge in [-0.15, -0.1) is 0 Å². The predicted molar refractivity (Wildman–Crippen MR) is 128 cm³/mol. The van der Waals surface area contributed by atoms with Crippen molar-refractivity contribution in [3.63, 3.8) is 0 Å². The Labute approximate surface area is 202 Å². The van der Waals surface area contributed by atoms with Gasteiger partial charge in [0.1, 0.15) is 12.0 Å². The van der Waals surface area contributed by atoms with Crippen molar-refractivity contribution < 1.29 is 14.3 Å². The van der Waals surface area contributed by atoms with Crippen molar-refractivity contribution in [3.8, 4) is 5.88 Å². The minimum Gasteiger partial charge on any atom is -0.481 e. The maximum absolute atomic E-state index is 12.9. The fourth-order valence-electron chi connectivity index (χ4n) is 3.55. The molecule has 0 saturated carbocycles. The van der Waals surface area contributed by atoms with Gasteiger partial charge in [-0.25, -0.2) is 9.97 Å². The number of carbonyl (C=O) groups is 1. The maximum Gasteiger partial charge on any atom is 0.255 e. The number of benzene rings is 1. The second-order valence-electron chi connectivity index (χ2n) is 7.84. The Balaban J connectivity index is 1.43. The number of pyridine rings is 1. The van der Waals surface area contributed by atoms with E-state index in [-0.39, 0.29) is 24.6 Å². The molecule has 180 valence electrons. The molecule has 0 aliphatic heterocycles. The van der Waals surface area contributed by atoms with E-state index in [0.717, 1.165) is 11.1 Å². The van der Waals surface area contributed by atoms with Gasteiger partial charge in [0, 0.05) is 31.6 Å². The Bertz CT molecular complexity index is 1350. The third kappa shape index (κ3) is 6.18. The number of ether oxygens (including phenoxy) is 2. The topological polar surface area (TPSA) is 113 Å². The Morgan fingerprint density at radius 2 is 1.80 bits per heavy atom. The van der Waals surface area contributed by atoms with Gasteiger partial charge in [-0.05, 0) is 17.2 Å². The molecule has 0 saturated heterocycles. The molecular formula is C25H26N6O4. The summed E-state index contributed by atoms with van der Waals surface area (Å²) in [6.45, 7) is 1.42. The van der Waals surface area contributed by atoms with Gasteiger partial charge in [0.15, 0.2) is 0 Å². The van der Waals surface area contributed by atoms with Crippen molar-refractivity contribution in [1.82, 2.24) is 29.6 Å². The van der Waals surface area contributed by atoms with Crippen molar-refractivity contribution in [2.75, 3.05) is 14.2 Å². The molecular weight excluding hydrogens is 448 g/mol. The standard InChI is InChI=1S/C25H26N6O4/c1-34-16-22-21(25(33)26-12-20-11-23(35-2)28-17-27-20)15-31(29-22)14-19-8-6-18(7-9-19)13-30-10-4-3-5-24(30)32/h3-11,15,17H,12-14,16H2,1-2H3,(H,26,33). The molecule has 0 spiro atoms. The van der Waals surface area contributed by atoms with Crippen molar-refractivity contribution in [2.45, 2.75) is 26.2 Å². The van der Waals surface area contributed by atoms with Gasteiger partial charge < -0.3 is 19.4 Å². The summed E-state index contributed by atoms with van der Waals surface area (Å²) in [5.74, 6) is 0.156. The van der Waals surface area contributed by atoms with E-state index < -0.39 is 0 Å². The molecule has 1 amide bonds. The number of hydrogen-bond donors (Lipinski definition) is 1. The van der Waals surface area contributed by atoms with Crippen LogP contribution in [0.3, 0.4) is 0 Å². The highest BCUT2D eigenvalue weighted by Crippen LogP contribution is 2.13. The summed E-state index contributed by atoms with van der Waals surface area (Å²) in [7, 11) is 3.08. The van der Waals surface area contributed by atoms with E-state index in [4.69, 9.17) is 9.47 Å². The number of rotatable bonds is 10. The lowest BCUT2D eigenvalue weighted by Crippen LogP contribution is -2.24. The molecule has 0 unspecified atom stereocenters. The van der Waals surface area contributed by atoms with Crippen LogP contribution in [0.2, 0.25) is 0 Å². The second kappa shape index (κ2) is 11.2. The van der Waals surface area contributed by atoms with Crippen molar-refractivity contribution >= 4 is 5.91 Å². The summed E-state index contributed by atoms with van der Waals surface area (Å²) >= 11 is 0. The normalized spacial score (nSPS) is 10.8. The molecule has 10 heteroatoms. The molecule has 3 aromatic heterocycles. The first-order valence-corrected chi connectivity index (χ1v) is 11.0. The smallest absolute Gasteiger partial charge is 0.255 e. The number of carbonyl (C=O) groups excluding carboxylic acids is 1. The molecule has 0 fully saturated rings. The van der Waals surface area contributed by atoms with Crippen LogP contribution in [-0.4, -0.2) is 44.4 Å². The van der Waals surface area contributed by atoms with E-state index in [1.165, 1.54) is 13.4 Å². The number of methoxy groups -OCH3 is 2. The third-order valence-electron chi connectivity index (χ3n) is 5.32. The summed E-state index contributed by atoms with van der Waals surface area (Å²) in [5, 5.41) is 7.40. The van der Waals surface area contributed by atoms with Crippen LogP contribution in [0, 0.1) is 0 Å². The molecule has 0 bridgehead atoms. The van der Waals surface area contributed by atoms with Gasteiger partial charge in [-0.3, -0.25) is 14.3 Å². The summed E-state index contributed by atoms with van der Waals surface area (Å²) in [5.41, 5.74) is 3.61. The van der Waals surface area contributed by atoms with Crippen LogP contribution in [0.15, 0.2) is 72.0 Å². The number of hydrogen-bond acceptors (Lipinski definition) is 7. The van der Waals surface area contributed by atoms with Crippen LogP contribution in [0.5, 0.6) is 5.88 Å². The lowest BCUT2D eigenvalue weighted by molar-refractivity contribution is 0.0945. The van der Waals surface area contributed by atoms with E-state index in [2.05, 4.69) is 20.4 Å². The molecule has 4 aromatic rings. The molecule has 0 atom stereocenters. The van der Waals surface area contributed by atoms with E-state index in [0.29, 0.717) is 35.9 Å². The molecule has 10 nitrogen and oxygen atoms in total. The minimum atomic E-state index is -0.274. The van der Waals surface area contributed by atoms with E-state index >= 15 is 0 Å².